The van der Waals surface area contributed by atoms with Gasteiger partial charge in [-0.2, -0.15) is 5.26 Å². The number of hydrogen-bond donors (Lipinski definition) is 2. The maximum Gasteiger partial charge on any atom is 0.111 e. The highest BCUT2D eigenvalue weighted by Crippen LogP contribution is 2.57. The molecule has 25 heavy (non-hydrogen) atoms. The van der Waals surface area contributed by atoms with Crippen molar-refractivity contribution in [3.63, 3.8) is 0 Å². The molecular weight excluding hydrogens is 348 g/mol. The lowest BCUT2D eigenvalue weighted by atomic mass is 9.67. The lowest BCUT2D eigenvalue weighted by molar-refractivity contribution is 0.342. The van der Waals surface area contributed by atoms with Gasteiger partial charge in [-0.1, -0.05) is 43.2 Å². The van der Waals surface area contributed by atoms with Crippen molar-refractivity contribution in [3.8, 4) is 17.3 Å². The third kappa shape index (κ3) is 2.59. The molecule has 1 spiro atoms. The third-order valence-electron chi connectivity index (χ3n) is 5.25. The van der Waals surface area contributed by atoms with Gasteiger partial charge in [0.25, 0.3) is 0 Å². The largest absolute Gasteiger partial charge is 0.387 e. The molecule has 0 bridgehead atoms. The van der Waals surface area contributed by atoms with Crippen LogP contribution in [0.2, 0.25) is 0 Å². The lowest BCUT2D eigenvalue weighted by Gasteiger charge is -2.38. The maximum absolute atomic E-state index is 9.74. The van der Waals surface area contributed by atoms with Crippen molar-refractivity contribution in [1.82, 2.24) is 4.98 Å². The summed E-state index contributed by atoms with van der Waals surface area (Å²) in [4.78, 5) is 9.24. The zero-order valence-corrected chi connectivity index (χ0v) is 15.4. The van der Waals surface area contributed by atoms with Crippen LogP contribution in [0.1, 0.15) is 36.6 Å². The van der Waals surface area contributed by atoms with E-state index in [4.69, 9.17) is 10.7 Å². The highest BCUT2D eigenvalue weighted by molar-refractivity contribution is 7.84. The number of aliphatic imine (C=N–C) groups is 1. The molecular formula is C19H18N4S2. The van der Waals surface area contributed by atoms with Crippen molar-refractivity contribution in [1.29, 1.82) is 5.26 Å². The fraction of sp³-hybridized carbons (Fsp3) is 0.316. The zero-order chi connectivity index (χ0) is 17.4. The molecule has 2 N–H and O–H groups in total. The van der Waals surface area contributed by atoms with E-state index < -0.39 is 0 Å². The number of hydrogen-bond acceptors (Lipinski definition) is 6. The number of amidine groups is 1. The van der Waals surface area contributed by atoms with Crippen LogP contribution < -0.4 is 5.73 Å². The Morgan fingerprint density at radius 1 is 1.24 bits per heavy atom. The Morgan fingerprint density at radius 3 is 2.64 bits per heavy atom. The number of nitriles is 1. The van der Waals surface area contributed by atoms with Crippen LogP contribution >= 0.6 is 24.0 Å². The predicted molar refractivity (Wildman–Crippen MR) is 104 cm³/mol. The number of rotatable bonds is 2. The molecule has 4 rings (SSSR count). The minimum atomic E-state index is -0.302. The number of thiol groups is 1. The van der Waals surface area contributed by atoms with E-state index in [1.165, 1.54) is 0 Å². The standard InChI is InChI=1S/C19H18N4S2/c20-10-13-17(24)23-16(21)15(19(13)8-4-5-9-19)18-22-14(11-25-18)12-6-2-1-3-7-12/h1-3,6-7,11,15,24H,4-5,8-9H2,(H2,21,23)/t15-/m0/s1. The van der Waals surface area contributed by atoms with Gasteiger partial charge in [-0.3, -0.25) is 0 Å². The molecule has 0 saturated heterocycles. The molecule has 6 heteroatoms. The van der Waals surface area contributed by atoms with Gasteiger partial charge in [0.05, 0.1) is 23.3 Å². The molecule has 1 aromatic carbocycles. The number of nitrogens with two attached hydrogens (primary N) is 1. The van der Waals surface area contributed by atoms with Crippen molar-refractivity contribution >= 4 is 29.8 Å². The number of nitrogens with zero attached hydrogens (tertiary/aromatic N) is 3. The summed E-state index contributed by atoms with van der Waals surface area (Å²) < 4.78 is 0. The first-order chi connectivity index (χ1) is 12.2. The van der Waals surface area contributed by atoms with Gasteiger partial charge in [-0.25, -0.2) is 9.98 Å². The lowest BCUT2D eigenvalue weighted by Crippen LogP contribution is -2.40. The Hall–Kier alpha value is -2.10. The average Bonchev–Trinajstić information content (AvgIpc) is 3.27. The van der Waals surface area contributed by atoms with Gasteiger partial charge < -0.3 is 5.73 Å². The van der Waals surface area contributed by atoms with E-state index in [-0.39, 0.29) is 11.3 Å². The summed E-state index contributed by atoms with van der Waals surface area (Å²) in [7, 11) is 0. The van der Waals surface area contributed by atoms with Crippen LogP contribution in [0.4, 0.5) is 0 Å². The summed E-state index contributed by atoms with van der Waals surface area (Å²) in [5, 5.41) is 13.2. The quantitative estimate of drug-likeness (QED) is 0.769. The summed E-state index contributed by atoms with van der Waals surface area (Å²) in [5.41, 5.74) is 8.74. The van der Waals surface area contributed by atoms with Gasteiger partial charge in [0, 0.05) is 16.4 Å². The second-order valence-corrected chi connectivity index (χ2v) is 7.89. The molecule has 1 aliphatic carbocycles. The smallest absolute Gasteiger partial charge is 0.111 e. The van der Waals surface area contributed by atoms with Gasteiger partial charge in [-0.05, 0) is 12.8 Å². The SMILES string of the molecule is N#CC1=C(S)N=C(N)[C@@H](c2nc(-c3ccccc3)cs2)C12CCCC2. The van der Waals surface area contributed by atoms with Gasteiger partial charge in [0.1, 0.15) is 15.9 Å². The number of thiazole rings is 1. The maximum atomic E-state index is 9.74. The van der Waals surface area contributed by atoms with Crippen LogP contribution in [0.3, 0.4) is 0 Å². The van der Waals surface area contributed by atoms with Crippen molar-refractivity contribution in [2.75, 3.05) is 0 Å². The second kappa shape index (κ2) is 6.32. The van der Waals surface area contributed by atoms with Crippen LogP contribution in [-0.4, -0.2) is 10.8 Å². The zero-order valence-electron chi connectivity index (χ0n) is 13.6. The molecule has 4 nitrogen and oxygen atoms in total. The van der Waals surface area contributed by atoms with Gasteiger partial charge in [-0.15, -0.1) is 24.0 Å². The molecule has 2 aliphatic rings. The molecule has 2 aromatic rings. The van der Waals surface area contributed by atoms with E-state index in [1.807, 2.05) is 18.2 Å². The first-order valence-electron chi connectivity index (χ1n) is 8.34. The van der Waals surface area contributed by atoms with Crippen molar-refractivity contribution in [3.05, 3.63) is 51.3 Å². The molecule has 1 atom stereocenters. The minimum Gasteiger partial charge on any atom is -0.387 e. The predicted octanol–water partition coefficient (Wildman–Crippen LogP) is 4.49. The van der Waals surface area contributed by atoms with Crippen molar-refractivity contribution in [2.45, 2.75) is 31.6 Å². The van der Waals surface area contributed by atoms with E-state index in [0.29, 0.717) is 16.4 Å². The Morgan fingerprint density at radius 2 is 1.96 bits per heavy atom. The van der Waals surface area contributed by atoms with E-state index in [2.05, 4.69) is 41.2 Å². The van der Waals surface area contributed by atoms with E-state index in [9.17, 15) is 5.26 Å². The van der Waals surface area contributed by atoms with Crippen molar-refractivity contribution in [2.24, 2.45) is 16.1 Å². The average molecular weight is 367 g/mol. The Bertz CT molecular complexity index is 899. The summed E-state index contributed by atoms with van der Waals surface area (Å²) in [5.74, 6) is 0.392. The molecule has 0 amide bonds. The Labute approximate surface area is 156 Å². The van der Waals surface area contributed by atoms with Gasteiger partial charge >= 0.3 is 0 Å². The number of aromatic nitrogens is 1. The third-order valence-corrected chi connectivity index (χ3v) is 6.48. The first kappa shape index (κ1) is 16.4. The molecule has 0 radical (unpaired) electrons. The summed E-state index contributed by atoms with van der Waals surface area (Å²) >= 11 is 6.03. The summed E-state index contributed by atoms with van der Waals surface area (Å²) in [6.45, 7) is 0. The Kier molecular flexibility index (Phi) is 4.14. The minimum absolute atomic E-state index is 0.136. The summed E-state index contributed by atoms with van der Waals surface area (Å²) in [6.07, 6.45) is 4.04. The highest BCUT2D eigenvalue weighted by Gasteiger charge is 2.51. The molecule has 0 unspecified atom stereocenters. The number of benzene rings is 1. The van der Waals surface area contributed by atoms with E-state index in [0.717, 1.165) is 41.9 Å². The molecule has 1 saturated carbocycles. The fourth-order valence-corrected chi connectivity index (χ4v) is 5.57. The highest BCUT2D eigenvalue weighted by atomic mass is 32.1. The van der Waals surface area contributed by atoms with Gasteiger partial charge in [0.2, 0.25) is 0 Å². The molecule has 1 aliphatic heterocycles. The Balaban J connectivity index is 1.81. The fourth-order valence-electron chi connectivity index (χ4n) is 4.12. The number of allylic oxidation sites excluding steroid dienone is 1. The second-order valence-electron chi connectivity index (χ2n) is 6.58. The molecule has 2 heterocycles. The summed E-state index contributed by atoms with van der Waals surface area (Å²) in [6, 6.07) is 12.5. The monoisotopic (exact) mass is 366 g/mol. The van der Waals surface area contributed by atoms with Crippen LogP contribution in [0, 0.1) is 16.7 Å². The van der Waals surface area contributed by atoms with Crippen LogP contribution in [0.5, 0.6) is 0 Å². The van der Waals surface area contributed by atoms with E-state index in [1.54, 1.807) is 11.3 Å². The molecule has 126 valence electrons. The van der Waals surface area contributed by atoms with Crippen LogP contribution in [0.15, 0.2) is 51.3 Å². The van der Waals surface area contributed by atoms with Gasteiger partial charge in [0.15, 0.2) is 0 Å². The normalized spacial score (nSPS) is 22.1. The van der Waals surface area contributed by atoms with E-state index >= 15 is 0 Å². The topological polar surface area (TPSA) is 75.1 Å². The van der Waals surface area contributed by atoms with Crippen molar-refractivity contribution < 1.29 is 0 Å². The van der Waals surface area contributed by atoms with Crippen LogP contribution in [-0.2, 0) is 0 Å². The van der Waals surface area contributed by atoms with Crippen LogP contribution in [0.25, 0.3) is 11.3 Å². The molecule has 1 fully saturated rings. The first-order valence-corrected chi connectivity index (χ1v) is 9.67. The molecule has 1 aromatic heterocycles.